The van der Waals surface area contributed by atoms with Crippen molar-refractivity contribution in [2.24, 2.45) is 5.41 Å². The van der Waals surface area contributed by atoms with Crippen molar-refractivity contribution < 1.29 is 5.11 Å². The molecule has 0 aromatic carbocycles. The predicted molar refractivity (Wildman–Crippen MR) is 69.0 cm³/mol. The maximum absolute atomic E-state index is 10.5. The van der Waals surface area contributed by atoms with E-state index in [9.17, 15) is 5.11 Å². The Balaban J connectivity index is 1.66. The maximum Gasteiger partial charge on any atom is 0.0746 e. The lowest BCUT2D eigenvalue weighted by molar-refractivity contribution is -0.0112. The monoisotopic (exact) mass is 238 g/mol. The van der Waals surface area contributed by atoms with E-state index < -0.39 is 0 Å². The molecule has 1 aliphatic carbocycles. The lowest BCUT2D eigenvalue weighted by Gasteiger charge is -2.42. The van der Waals surface area contributed by atoms with Crippen LogP contribution in [0.2, 0.25) is 0 Å². The van der Waals surface area contributed by atoms with Crippen LogP contribution in [0, 0.1) is 5.41 Å². The molecule has 2 saturated heterocycles. The van der Waals surface area contributed by atoms with Crippen LogP contribution in [0.5, 0.6) is 0 Å². The zero-order valence-electron chi connectivity index (χ0n) is 11.2. The van der Waals surface area contributed by atoms with Crippen molar-refractivity contribution in [3.8, 4) is 0 Å². The third-order valence-electron chi connectivity index (χ3n) is 5.34. The Morgan fingerprint density at radius 3 is 2.53 bits per heavy atom. The first-order chi connectivity index (χ1) is 8.08. The summed E-state index contributed by atoms with van der Waals surface area (Å²) in [6.45, 7) is 9.30. The van der Waals surface area contributed by atoms with Gasteiger partial charge in [-0.3, -0.25) is 9.80 Å². The molecule has 0 aromatic rings. The molecular weight excluding hydrogens is 212 g/mol. The molecule has 1 saturated carbocycles. The highest BCUT2D eigenvalue weighted by Gasteiger charge is 2.45. The van der Waals surface area contributed by atoms with Crippen LogP contribution in [0.15, 0.2) is 0 Å². The second kappa shape index (κ2) is 4.22. The summed E-state index contributed by atoms with van der Waals surface area (Å²) in [5.41, 5.74) is 0.122. The van der Waals surface area contributed by atoms with E-state index in [1.54, 1.807) is 0 Å². The molecule has 0 amide bonds. The molecule has 0 bridgehead atoms. The molecule has 3 fully saturated rings. The van der Waals surface area contributed by atoms with Crippen molar-refractivity contribution >= 4 is 0 Å². The molecule has 0 spiro atoms. The summed E-state index contributed by atoms with van der Waals surface area (Å²) in [5.74, 6) is 0. The molecule has 3 heteroatoms. The van der Waals surface area contributed by atoms with Crippen LogP contribution in [0.3, 0.4) is 0 Å². The number of rotatable bonds is 1. The van der Waals surface area contributed by atoms with E-state index in [4.69, 9.17) is 0 Å². The first-order valence-electron chi connectivity index (χ1n) is 7.24. The number of fused-ring (bicyclic) bond motifs is 1. The molecule has 98 valence electrons. The fourth-order valence-electron chi connectivity index (χ4n) is 4.05. The number of piperazine rings is 1. The predicted octanol–water partition coefficient (Wildman–Crippen LogP) is 1.32. The standard InChI is InChI=1S/C14H26N2O/c1-14(2)6-5-12(13(14)17)16-9-8-15-7-3-4-11(15)10-16/h11-13,17H,3-10H2,1-2H3. The van der Waals surface area contributed by atoms with Crippen molar-refractivity contribution in [1.82, 2.24) is 9.80 Å². The van der Waals surface area contributed by atoms with E-state index in [-0.39, 0.29) is 11.5 Å². The molecule has 3 nitrogen and oxygen atoms in total. The Bertz CT molecular complexity index is 292. The zero-order chi connectivity index (χ0) is 12.0. The van der Waals surface area contributed by atoms with Crippen LogP contribution in [-0.4, -0.2) is 59.3 Å². The van der Waals surface area contributed by atoms with Crippen LogP contribution < -0.4 is 0 Å². The number of aliphatic hydroxyl groups is 1. The van der Waals surface area contributed by atoms with Crippen molar-refractivity contribution in [3.05, 3.63) is 0 Å². The van der Waals surface area contributed by atoms with Crippen molar-refractivity contribution in [3.63, 3.8) is 0 Å². The molecule has 17 heavy (non-hydrogen) atoms. The molecule has 1 N–H and O–H groups in total. The fraction of sp³-hybridized carbons (Fsp3) is 1.00. The summed E-state index contributed by atoms with van der Waals surface area (Å²) in [4.78, 5) is 5.22. The van der Waals surface area contributed by atoms with Crippen LogP contribution >= 0.6 is 0 Å². The molecular formula is C14H26N2O. The van der Waals surface area contributed by atoms with Crippen LogP contribution in [0.1, 0.15) is 39.5 Å². The molecule has 3 aliphatic rings. The van der Waals surface area contributed by atoms with Gasteiger partial charge in [0.25, 0.3) is 0 Å². The molecule has 2 aliphatic heterocycles. The molecule has 0 radical (unpaired) electrons. The molecule has 3 rings (SSSR count). The van der Waals surface area contributed by atoms with Gasteiger partial charge in [0.15, 0.2) is 0 Å². The topological polar surface area (TPSA) is 26.7 Å². The second-order valence-corrected chi connectivity index (χ2v) is 6.87. The van der Waals surface area contributed by atoms with Gasteiger partial charge in [-0.05, 0) is 37.6 Å². The lowest BCUT2D eigenvalue weighted by Crippen LogP contribution is -2.56. The first kappa shape index (κ1) is 11.9. The van der Waals surface area contributed by atoms with Gasteiger partial charge < -0.3 is 5.11 Å². The van der Waals surface area contributed by atoms with E-state index in [0.717, 1.165) is 12.6 Å². The Hall–Kier alpha value is -0.120. The summed E-state index contributed by atoms with van der Waals surface area (Å²) in [7, 11) is 0. The van der Waals surface area contributed by atoms with Gasteiger partial charge in [-0.1, -0.05) is 13.8 Å². The van der Waals surface area contributed by atoms with E-state index in [2.05, 4.69) is 23.6 Å². The smallest absolute Gasteiger partial charge is 0.0746 e. The second-order valence-electron chi connectivity index (χ2n) is 6.87. The Labute approximate surface area is 105 Å². The summed E-state index contributed by atoms with van der Waals surface area (Å²) >= 11 is 0. The van der Waals surface area contributed by atoms with Crippen LogP contribution in [-0.2, 0) is 0 Å². The van der Waals surface area contributed by atoms with Crippen LogP contribution in [0.25, 0.3) is 0 Å². The fourth-order valence-corrected chi connectivity index (χ4v) is 4.05. The number of hydrogen-bond acceptors (Lipinski definition) is 3. The van der Waals surface area contributed by atoms with Crippen molar-refractivity contribution in [2.45, 2.75) is 57.7 Å². The van der Waals surface area contributed by atoms with Gasteiger partial charge in [0.2, 0.25) is 0 Å². The average molecular weight is 238 g/mol. The summed E-state index contributed by atoms with van der Waals surface area (Å²) in [6.07, 6.45) is 4.96. The zero-order valence-corrected chi connectivity index (χ0v) is 11.2. The van der Waals surface area contributed by atoms with Crippen LogP contribution in [0.4, 0.5) is 0 Å². The van der Waals surface area contributed by atoms with E-state index in [1.807, 2.05) is 0 Å². The number of aliphatic hydroxyl groups excluding tert-OH is 1. The quantitative estimate of drug-likeness (QED) is 0.746. The Morgan fingerprint density at radius 1 is 1.06 bits per heavy atom. The van der Waals surface area contributed by atoms with Crippen molar-refractivity contribution in [2.75, 3.05) is 26.2 Å². The van der Waals surface area contributed by atoms with E-state index in [1.165, 1.54) is 45.3 Å². The minimum atomic E-state index is -0.129. The highest BCUT2D eigenvalue weighted by molar-refractivity contribution is 4.99. The summed E-state index contributed by atoms with van der Waals surface area (Å²) < 4.78 is 0. The van der Waals surface area contributed by atoms with Gasteiger partial charge in [0.05, 0.1) is 6.10 Å². The molecule has 2 heterocycles. The lowest BCUT2D eigenvalue weighted by atomic mass is 9.88. The van der Waals surface area contributed by atoms with E-state index in [0.29, 0.717) is 6.04 Å². The van der Waals surface area contributed by atoms with Gasteiger partial charge in [-0.15, -0.1) is 0 Å². The minimum absolute atomic E-state index is 0.122. The van der Waals surface area contributed by atoms with Gasteiger partial charge in [0, 0.05) is 31.7 Å². The van der Waals surface area contributed by atoms with Crippen molar-refractivity contribution in [1.29, 1.82) is 0 Å². The Morgan fingerprint density at radius 2 is 1.82 bits per heavy atom. The number of hydrogen-bond donors (Lipinski definition) is 1. The summed E-state index contributed by atoms with van der Waals surface area (Å²) in [5, 5.41) is 10.5. The molecule has 3 atom stereocenters. The minimum Gasteiger partial charge on any atom is -0.391 e. The maximum atomic E-state index is 10.5. The SMILES string of the molecule is CC1(C)CCC(N2CCN3CCCC3C2)C1O. The highest BCUT2D eigenvalue weighted by Crippen LogP contribution is 2.40. The van der Waals surface area contributed by atoms with Gasteiger partial charge in [-0.2, -0.15) is 0 Å². The van der Waals surface area contributed by atoms with E-state index >= 15 is 0 Å². The summed E-state index contributed by atoms with van der Waals surface area (Å²) in [6, 6.07) is 1.20. The normalized spacial score (nSPS) is 42.9. The molecule has 0 aromatic heterocycles. The third-order valence-corrected chi connectivity index (χ3v) is 5.34. The largest absolute Gasteiger partial charge is 0.391 e. The van der Waals surface area contributed by atoms with Gasteiger partial charge in [-0.25, -0.2) is 0 Å². The van der Waals surface area contributed by atoms with Gasteiger partial charge >= 0.3 is 0 Å². The third kappa shape index (κ3) is 2.02. The Kier molecular flexibility index (Phi) is 2.96. The number of nitrogens with zero attached hydrogens (tertiary/aromatic N) is 2. The van der Waals surface area contributed by atoms with Gasteiger partial charge in [0.1, 0.15) is 0 Å². The highest BCUT2D eigenvalue weighted by atomic mass is 16.3. The molecule has 3 unspecified atom stereocenters. The first-order valence-corrected chi connectivity index (χ1v) is 7.24. The average Bonchev–Trinajstić information content (AvgIpc) is 2.84.